The first kappa shape index (κ1) is 8.01. The predicted molar refractivity (Wildman–Crippen MR) is 46.2 cm³/mol. The van der Waals surface area contributed by atoms with Gasteiger partial charge in [0.1, 0.15) is 4.60 Å². The van der Waals surface area contributed by atoms with Crippen molar-refractivity contribution in [2.75, 3.05) is 7.11 Å². The fraction of sp³-hybridized carbons (Fsp3) is 0.167. The lowest BCUT2D eigenvalue weighted by molar-refractivity contribution is 0.409. The molecule has 0 aromatic carbocycles. The molecule has 0 fully saturated rings. The number of ether oxygens (including phenoxy) is 1. The van der Waals surface area contributed by atoms with Crippen LogP contribution in [-0.2, 0) is 0 Å². The molecule has 1 heterocycles. The van der Waals surface area contributed by atoms with Gasteiger partial charge in [-0.2, -0.15) is 0 Å². The Hall–Kier alpha value is -0.0900. The molecule has 10 heavy (non-hydrogen) atoms. The van der Waals surface area contributed by atoms with Gasteiger partial charge in [-0.25, -0.2) is 4.98 Å². The van der Waals surface area contributed by atoms with Gasteiger partial charge in [0, 0.05) is 10.7 Å². The summed E-state index contributed by atoms with van der Waals surface area (Å²) in [6.45, 7) is 0. The molecule has 1 rings (SSSR count). The molecule has 0 aliphatic rings. The molecule has 0 aliphatic heterocycles. The third-order valence-corrected chi connectivity index (χ3v) is 2.02. The van der Waals surface area contributed by atoms with Crippen molar-refractivity contribution in [2.45, 2.75) is 0 Å². The van der Waals surface area contributed by atoms with Crippen molar-refractivity contribution in [3.63, 3.8) is 0 Å². The minimum atomic E-state index is 0.721. The molecule has 0 spiro atoms. The van der Waals surface area contributed by atoms with E-state index >= 15 is 0 Å². The van der Waals surface area contributed by atoms with Gasteiger partial charge >= 0.3 is 0 Å². The lowest BCUT2D eigenvalue weighted by atomic mass is 10.5. The van der Waals surface area contributed by atoms with E-state index in [1.807, 2.05) is 6.07 Å². The van der Waals surface area contributed by atoms with Crippen molar-refractivity contribution < 1.29 is 4.74 Å². The van der Waals surface area contributed by atoms with Crippen LogP contribution in [0.15, 0.2) is 21.3 Å². The van der Waals surface area contributed by atoms with Gasteiger partial charge in [0.05, 0.1) is 7.11 Å². The lowest BCUT2D eigenvalue weighted by Crippen LogP contribution is -1.85. The summed E-state index contributed by atoms with van der Waals surface area (Å²) < 4.78 is 6.62. The summed E-state index contributed by atoms with van der Waals surface area (Å²) >= 11 is 6.51. The highest BCUT2D eigenvalue weighted by Gasteiger charge is 1.99. The summed E-state index contributed by atoms with van der Waals surface area (Å²) in [5, 5.41) is 0. The first-order chi connectivity index (χ1) is 4.74. The van der Waals surface area contributed by atoms with Crippen LogP contribution in [-0.4, -0.2) is 12.1 Å². The zero-order valence-corrected chi connectivity index (χ0v) is 8.44. The highest BCUT2D eigenvalue weighted by molar-refractivity contribution is 9.11. The molecular formula is C6H5Br2NO. The fourth-order valence-corrected chi connectivity index (χ4v) is 1.24. The Morgan fingerprint density at radius 2 is 2.20 bits per heavy atom. The van der Waals surface area contributed by atoms with Crippen molar-refractivity contribution in [1.82, 2.24) is 4.98 Å². The molecule has 1 aromatic heterocycles. The maximum absolute atomic E-state index is 4.99. The molecular weight excluding hydrogens is 262 g/mol. The molecule has 2 nitrogen and oxygen atoms in total. The first-order valence-electron chi connectivity index (χ1n) is 2.59. The Morgan fingerprint density at radius 3 is 2.70 bits per heavy atom. The van der Waals surface area contributed by atoms with E-state index in [2.05, 4.69) is 36.8 Å². The topological polar surface area (TPSA) is 22.1 Å². The van der Waals surface area contributed by atoms with Gasteiger partial charge in [-0.3, -0.25) is 0 Å². The number of pyridine rings is 1. The SMILES string of the molecule is COc1cc(Br)cnc1Br. The van der Waals surface area contributed by atoms with Crippen LogP contribution in [0.5, 0.6) is 5.75 Å². The van der Waals surface area contributed by atoms with E-state index in [0.717, 1.165) is 14.8 Å². The van der Waals surface area contributed by atoms with Crippen LogP contribution in [0.25, 0.3) is 0 Å². The molecule has 0 radical (unpaired) electrons. The highest BCUT2D eigenvalue weighted by Crippen LogP contribution is 2.24. The van der Waals surface area contributed by atoms with Gasteiger partial charge in [-0.05, 0) is 37.9 Å². The summed E-state index contributed by atoms with van der Waals surface area (Å²) in [5.74, 6) is 0.731. The zero-order valence-electron chi connectivity index (χ0n) is 5.27. The van der Waals surface area contributed by atoms with Gasteiger partial charge in [-0.15, -0.1) is 0 Å². The number of rotatable bonds is 1. The third kappa shape index (κ3) is 1.70. The van der Waals surface area contributed by atoms with Crippen molar-refractivity contribution in [3.8, 4) is 5.75 Å². The van der Waals surface area contributed by atoms with E-state index in [1.54, 1.807) is 13.3 Å². The normalized spacial score (nSPS) is 9.50. The smallest absolute Gasteiger partial charge is 0.152 e. The molecule has 1 aromatic rings. The average molecular weight is 267 g/mol. The van der Waals surface area contributed by atoms with Gasteiger partial charge < -0.3 is 4.74 Å². The van der Waals surface area contributed by atoms with Crippen molar-refractivity contribution >= 4 is 31.9 Å². The second kappa shape index (κ2) is 3.34. The van der Waals surface area contributed by atoms with Gasteiger partial charge in [0.15, 0.2) is 5.75 Å². The molecule has 0 N–H and O–H groups in total. The lowest BCUT2D eigenvalue weighted by Gasteiger charge is -2.00. The Morgan fingerprint density at radius 1 is 1.50 bits per heavy atom. The second-order valence-electron chi connectivity index (χ2n) is 1.65. The van der Waals surface area contributed by atoms with E-state index in [4.69, 9.17) is 4.74 Å². The monoisotopic (exact) mass is 265 g/mol. The van der Waals surface area contributed by atoms with Crippen LogP contribution in [0.1, 0.15) is 0 Å². The number of hydrogen-bond acceptors (Lipinski definition) is 2. The zero-order chi connectivity index (χ0) is 7.56. The van der Waals surface area contributed by atoms with Crippen LogP contribution < -0.4 is 4.74 Å². The predicted octanol–water partition coefficient (Wildman–Crippen LogP) is 2.62. The maximum Gasteiger partial charge on any atom is 0.152 e. The molecule has 0 atom stereocenters. The fourth-order valence-electron chi connectivity index (χ4n) is 0.547. The van der Waals surface area contributed by atoms with E-state index in [1.165, 1.54) is 0 Å². The molecule has 0 bridgehead atoms. The van der Waals surface area contributed by atoms with E-state index in [9.17, 15) is 0 Å². The molecule has 54 valence electrons. The molecule has 0 unspecified atom stereocenters. The number of halogens is 2. The Balaban J connectivity index is 3.09. The standard InChI is InChI=1S/C6H5Br2NO/c1-10-5-2-4(7)3-9-6(5)8/h2-3H,1H3. The summed E-state index contributed by atoms with van der Waals surface area (Å²) in [6.07, 6.45) is 1.70. The molecule has 0 saturated carbocycles. The first-order valence-corrected chi connectivity index (χ1v) is 4.17. The summed E-state index contributed by atoms with van der Waals surface area (Å²) in [7, 11) is 1.61. The van der Waals surface area contributed by atoms with Crippen molar-refractivity contribution in [1.29, 1.82) is 0 Å². The van der Waals surface area contributed by atoms with Crippen LogP contribution in [0.2, 0.25) is 0 Å². The number of aromatic nitrogens is 1. The van der Waals surface area contributed by atoms with Crippen LogP contribution in [0, 0.1) is 0 Å². The number of hydrogen-bond donors (Lipinski definition) is 0. The molecule has 0 amide bonds. The average Bonchev–Trinajstić information content (AvgIpc) is 1.94. The molecule has 0 aliphatic carbocycles. The second-order valence-corrected chi connectivity index (χ2v) is 3.31. The summed E-state index contributed by atoms with van der Waals surface area (Å²) in [4.78, 5) is 3.99. The largest absolute Gasteiger partial charge is 0.494 e. The Labute approximate surface area is 75.9 Å². The van der Waals surface area contributed by atoms with Gasteiger partial charge in [0.25, 0.3) is 0 Å². The van der Waals surface area contributed by atoms with Gasteiger partial charge in [-0.1, -0.05) is 0 Å². The molecule has 4 heteroatoms. The van der Waals surface area contributed by atoms with E-state index < -0.39 is 0 Å². The van der Waals surface area contributed by atoms with E-state index in [0.29, 0.717) is 0 Å². The van der Waals surface area contributed by atoms with Crippen molar-refractivity contribution in [3.05, 3.63) is 21.3 Å². The number of methoxy groups -OCH3 is 1. The Kier molecular flexibility index (Phi) is 2.68. The van der Waals surface area contributed by atoms with E-state index in [-0.39, 0.29) is 0 Å². The quantitative estimate of drug-likeness (QED) is 0.729. The van der Waals surface area contributed by atoms with Crippen molar-refractivity contribution in [2.24, 2.45) is 0 Å². The van der Waals surface area contributed by atoms with Crippen LogP contribution in [0.4, 0.5) is 0 Å². The summed E-state index contributed by atoms with van der Waals surface area (Å²) in [6, 6.07) is 1.84. The molecule has 0 saturated heterocycles. The minimum absolute atomic E-state index is 0.721. The summed E-state index contributed by atoms with van der Waals surface area (Å²) in [5.41, 5.74) is 0. The minimum Gasteiger partial charge on any atom is -0.494 e. The van der Waals surface area contributed by atoms with Crippen LogP contribution in [0.3, 0.4) is 0 Å². The Bertz CT molecular complexity index is 239. The highest BCUT2D eigenvalue weighted by atomic mass is 79.9. The van der Waals surface area contributed by atoms with Crippen LogP contribution >= 0.6 is 31.9 Å². The van der Waals surface area contributed by atoms with Gasteiger partial charge in [0.2, 0.25) is 0 Å². The number of nitrogens with zero attached hydrogens (tertiary/aromatic N) is 1. The third-order valence-electron chi connectivity index (χ3n) is 0.993. The maximum atomic E-state index is 4.99.